The van der Waals surface area contributed by atoms with Crippen molar-refractivity contribution in [3.8, 4) is 78.7 Å². The minimum absolute atomic E-state index is 0.626. The molecule has 0 unspecified atom stereocenters. The van der Waals surface area contributed by atoms with Crippen LogP contribution in [0.2, 0.25) is 0 Å². The molecule has 3 heteroatoms. The van der Waals surface area contributed by atoms with Gasteiger partial charge in [-0.2, -0.15) is 0 Å². The van der Waals surface area contributed by atoms with E-state index in [0.29, 0.717) is 17.5 Å². The van der Waals surface area contributed by atoms with Crippen molar-refractivity contribution in [2.24, 2.45) is 0 Å². The molecule has 0 aliphatic heterocycles. The zero-order chi connectivity index (χ0) is 32.1. The Bertz CT molecular complexity index is 2320. The van der Waals surface area contributed by atoms with Gasteiger partial charge in [-0.15, -0.1) is 0 Å². The quantitative estimate of drug-likeness (QED) is 0.179. The summed E-state index contributed by atoms with van der Waals surface area (Å²) in [6, 6.07) is 65.1. The lowest BCUT2D eigenvalue weighted by Gasteiger charge is -2.15. The molecule has 48 heavy (non-hydrogen) atoms. The van der Waals surface area contributed by atoms with Gasteiger partial charge in [0.25, 0.3) is 0 Å². The lowest BCUT2D eigenvalue weighted by atomic mass is 9.94. The lowest BCUT2D eigenvalue weighted by Crippen LogP contribution is -2.02. The summed E-state index contributed by atoms with van der Waals surface area (Å²) < 4.78 is 0. The van der Waals surface area contributed by atoms with E-state index < -0.39 is 0 Å². The van der Waals surface area contributed by atoms with Crippen molar-refractivity contribution in [2.45, 2.75) is 0 Å². The molecule has 0 amide bonds. The molecule has 3 nitrogen and oxygen atoms in total. The van der Waals surface area contributed by atoms with Crippen LogP contribution in [0, 0.1) is 0 Å². The summed E-state index contributed by atoms with van der Waals surface area (Å²) in [5, 5.41) is 0. The van der Waals surface area contributed by atoms with Gasteiger partial charge in [-0.25, -0.2) is 15.0 Å². The van der Waals surface area contributed by atoms with Crippen LogP contribution in [0.4, 0.5) is 0 Å². The molecular formula is C45H31N3. The predicted molar refractivity (Wildman–Crippen MR) is 198 cm³/mol. The third-order valence-corrected chi connectivity index (χ3v) is 8.57. The standard InChI is InChI=1S/C45H31N3/c1-5-16-32(17-6-1)36-24-15-25-38(30-36)43-46-44(40-27-14-13-26-39(40)34-20-9-3-10-21-34)48-45(47-43)41-29-28-37(33-18-7-2-8-19-33)31-42(41)35-22-11-4-12-23-35/h1-31H. The molecule has 0 fully saturated rings. The molecule has 0 saturated heterocycles. The summed E-state index contributed by atoms with van der Waals surface area (Å²) >= 11 is 0. The van der Waals surface area contributed by atoms with Gasteiger partial charge in [0.05, 0.1) is 0 Å². The fraction of sp³-hybridized carbons (Fsp3) is 0. The fourth-order valence-electron chi connectivity index (χ4n) is 6.17. The van der Waals surface area contributed by atoms with Crippen LogP contribution in [0.3, 0.4) is 0 Å². The Morgan fingerprint density at radius 3 is 1.19 bits per heavy atom. The van der Waals surface area contributed by atoms with Gasteiger partial charge in [-0.3, -0.25) is 0 Å². The highest BCUT2D eigenvalue weighted by molar-refractivity contribution is 5.87. The van der Waals surface area contributed by atoms with Gasteiger partial charge in [0.15, 0.2) is 17.5 Å². The number of hydrogen-bond acceptors (Lipinski definition) is 3. The molecule has 226 valence electrons. The maximum atomic E-state index is 5.23. The lowest BCUT2D eigenvalue weighted by molar-refractivity contribution is 1.07. The molecule has 0 atom stereocenters. The maximum absolute atomic E-state index is 5.23. The highest BCUT2D eigenvalue weighted by atomic mass is 15.0. The highest BCUT2D eigenvalue weighted by Gasteiger charge is 2.19. The minimum atomic E-state index is 0.626. The van der Waals surface area contributed by atoms with E-state index in [4.69, 9.17) is 15.0 Å². The fourth-order valence-corrected chi connectivity index (χ4v) is 6.17. The molecule has 0 aliphatic carbocycles. The van der Waals surface area contributed by atoms with Crippen LogP contribution < -0.4 is 0 Å². The number of benzene rings is 7. The summed E-state index contributed by atoms with van der Waals surface area (Å²) in [4.78, 5) is 15.6. The Balaban J connectivity index is 1.36. The molecule has 8 rings (SSSR count). The third-order valence-electron chi connectivity index (χ3n) is 8.57. The summed E-state index contributed by atoms with van der Waals surface area (Å²) in [6.07, 6.45) is 0. The van der Waals surface area contributed by atoms with Crippen LogP contribution in [0.15, 0.2) is 188 Å². The van der Waals surface area contributed by atoms with Crippen molar-refractivity contribution in [3.63, 3.8) is 0 Å². The van der Waals surface area contributed by atoms with E-state index in [1.807, 2.05) is 30.3 Å². The number of nitrogens with zero attached hydrogens (tertiary/aromatic N) is 3. The number of rotatable bonds is 7. The zero-order valence-electron chi connectivity index (χ0n) is 26.2. The summed E-state index contributed by atoms with van der Waals surface area (Å²) in [5.41, 5.74) is 11.7. The largest absolute Gasteiger partial charge is 0.208 e. The minimum Gasteiger partial charge on any atom is -0.208 e. The normalized spacial score (nSPS) is 10.9. The van der Waals surface area contributed by atoms with Gasteiger partial charge >= 0.3 is 0 Å². The molecular weight excluding hydrogens is 583 g/mol. The second-order valence-electron chi connectivity index (χ2n) is 11.7. The van der Waals surface area contributed by atoms with Crippen molar-refractivity contribution in [1.82, 2.24) is 15.0 Å². The van der Waals surface area contributed by atoms with E-state index in [2.05, 4.69) is 158 Å². The van der Waals surface area contributed by atoms with Gasteiger partial charge in [-0.05, 0) is 62.7 Å². The highest BCUT2D eigenvalue weighted by Crippen LogP contribution is 2.37. The van der Waals surface area contributed by atoms with Crippen molar-refractivity contribution in [3.05, 3.63) is 188 Å². The Morgan fingerprint density at radius 1 is 0.208 bits per heavy atom. The average Bonchev–Trinajstić information content (AvgIpc) is 3.19. The second kappa shape index (κ2) is 13.1. The van der Waals surface area contributed by atoms with Crippen LogP contribution in [-0.4, -0.2) is 15.0 Å². The molecule has 8 aromatic rings. The molecule has 0 radical (unpaired) electrons. The summed E-state index contributed by atoms with van der Waals surface area (Å²) in [5.74, 6) is 1.88. The molecule has 0 spiro atoms. The van der Waals surface area contributed by atoms with E-state index in [0.717, 1.165) is 61.2 Å². The number of hydrogen-bond donors (Lipinski definition) is 0. The van der Waals surface area contributed by atoms with Gasteiger partial charge in [0.1, 0.15) is 0 Å². The topological polar surface area (TPSA) is 38.7 Å². The van der Waals surface area contributed by atoms with E-state index >= 15 is 0 Å². The van der Waals surface area contributed by atoms with Crippen molar-refractivity contribution in [2.75, 3.05) is 0 Å². The van der Waals surface area contributed by atoms with Crippen molar-refractivity contribution < 1.29 is 0 Å². The van der Waals surface area contributed by atoms with Crippen LogP contribution >= 0.6 is 0 Å². The second-order valence-corrected chi connectivity index (χ2v) is 11.7. The van der Waals surface area contributed by atoms with E-state index in [1.54, 1.807) is 0 Å². The first-order valence-electron chi connectivity index (χ1n) is 16.1. The molecule has 0 N–H and O–H groups in total. The third kappa shape index (κ3) is 5.93. The van der Waals surface area contributed by atoms with Gasteiger partial charge in [0.2, 0.25) is 0 Å². The van der Waals surface area contributed by atoms with Crippen molar-refractivity contribution in [1.29, 1.82) is 0 Å². The van der Waals surface area contributed by atoms with Crippen molar-refractivity contribution >= 4 is 0 Å². The molecule has 7 aromatic carbocycles. The average molecular weight is 614 g/mol. The molecule has 0 saturated carbocycles. The molecule has 0 bridgehead atoms. The van der Waals surface area contributed by atoms with Gasteiger partial charge in [0, 0.05) is 16.7 Å². The predicted octanol–water partition coefficient (Wildman–Crippen LogP) is 11.5. The van der Waals surface area contributed by atoms with Crippen LogP contribution in [0.25, 0.3) is 78.7 Å². The Hall–Kier alpha value is -6.45. The Morgan fingerprint density at radius 2 is 0.604 bits per heavy atom. The smallest absolute Gasteiger partial charge is 0.164 e. The zero-order valence-corrected chi connectivity index (χ0v) is 26.2. The summed E-state index contributed by atoms with van der Waals surface area (Å²) in [6.45, 7) is 0. The van der Waals surface area contributed by atoms with Crippen LogP contribution in [0.5, 0.6) is 0 Å². The van der Waals surface area contributed by atoms with E-state index in [9.17, 15) is 0 Å². The Kier molecular flexibility index (Phi) is 7.92. The Labute approximate surface area is 280 Å². The molecule has 1 aromatic heterocycles. The maximum Gasteiger partial charge on any atom is 0.164 e. The molecule has 1 heterocycles. The first kappa shape index (κ1) is 29.0. The first-order valence-corrected chi connectivity index (χ1v) is 16.1. The first-order chi connectivity index (χ1) is 23.8. The number of aromatic nitrogens is 3. The van der Waals surface area contributed by atoms with Gasteiger partial charge < -0.3 is 0 Å². The summed E-state index contributed by atoms with van der Waals surface area (Å²) in [7, 11) is 0. The van der Waals surface area contributed by atoms with Crippen LogP contribution in [0.1, 0.15) is 0 Å². The van der Waals surface area contributed by atoms with Crippen LogP contribution in [-0.2, 0) is 0 Å². The monoisotopic (exact) mass is 613 g/mol. The molecule has 0 aliphatic rings. The van der Waals surface area contributed by atoms with E-state index in [-0.39, 0.29) is 0 Å². The van der Waals surface area contributed by atoms with Gasteiger partial charge in [-0.1, -0.05) is 170 Å². The SMILES string of the molecule is c1ccc(-c2cccc(-c3nc(-c4ccccc4-c4ccccc4)nc(-c4ccc(-c5ccccc5)cc4-c4ccccc4)n3)c2)cc1. The van der Waals surface area contributed by atoms with E-state index in [1.165, 1.54) is 0 Å².